The Bertz CT molecular complexity index is 413. The minimum atomic E-state index is -4.35. The summed E-state index contributed by atoms with van der Waals surface area (Å²) in [5, 5.41) is 2.60. The number of rotatable bonds is 4. The molecule has 1 aromatic rings. The minimum absolute atomic E-state index is 0.153. The molecule has 0 atom stereocenters. The van der Waals surface area contributed by atoms with E-state index in [1.54, 1.807) is 19.9 Å². The van der Waals surface area contributed by atoms with Crippen molar-refractivity contribution in [2.75, 3.05) is 6.54 Å². The van der Waals surface area contributed by atoms with Gasteiger partial charge in [0.1, 0.15) is 0 Å². The number of benzene rings is 1. The first-order chi connectivity index (χ1) is 8.32. The Labute approximate surface area is 104 Å². The molecule has 0 spiro atoms. The van der Waals surface area contributed by atoms with Gasteiger partial charge in [-0.2, -0.15) is 13.2 Å². The van der Waals surface area contributed by atoms with Crippen LogP contribution in [-0.4, -0.2) is 12.5 Å². The monoisotopic (exact) mass is 259 g/mol. The van der Waals surface area contributed by atoms with Crippen molar-refractivity contribution in [2.45, 2.75) is 26.4 Å². The minimum Gasteiger partial charge on any atom is -0.356 e. The number of hydrogen-bond acceptors (Lipinski definition) is 1. The van der Waals surface area contributed by atoms with Crippen molar-refractivity contribution in [1.82, 2.24) is 5.32 Å². The zero-order valence-electron chi connectivity index (χ0n) is 10.3. The average molecular weight is 259 g/mol. The SMILES string of the molecule is CC(C)C(=O)NCCc1ccccc1C(F)(F)F. The molecule has 1 rings (SSSR count). The van der Waals surface area contributed by atoms with Crippen LogP contribution >= 0.6 is 0 Å². The molecule has 0 fully saturated rings. The lowest BCUT2D eigenvalue weighted by atomic mass is 10.0. The van der Waals surface area contributed by atoms with Crippen molar-refractivity contribution in [1.29, 1.82) is 0 Å². The maximum Gasteiger partial charge on any atom is 0.416 e. The van der Waals surface area contributed by atoms with E-state index in [4.69, 9.17) is 0 Å². The molecule has 1 N–H and O–H groups in total. The van der Waals surface area contributed by atoms with Crippen LogP contribution in [-0.2, 0) is 17.4 Å². The third kappa shape index (κ3) is 4.05. The summed E-state index contributed by atoms with van der Waals surface area (Å²) >= 11 is 0. The number of halogens is 3. The molecular weight excluding hydrogens is 243 g/mol. The Morgan fingerprint density at radius 2 is 1.89 bits per heavy atom. The van der Waals surface area contributed by atoms with Gasteiger partial charge in [0.2, 0.25) is 5.91 Å². The maximum atomic E-state index is 12.7. The second-order valence-corrected chi connectivity index (χ2v) is 4.35. The Morgan fingerprint density at radius 3 is 2.44 bits per heavy atom. The van der Waals surface area contributed by atoms with Crippen LogP contribution in [0.25, 0.3) is 0 Å². The molecule has 0 saturated carbocycles. The number of hydrogen-bond donors (Lipinski definition) is 1. The van der Waals surface area contributed by atoms with E-state index in [0.717, 1.165) is 6.07 Å². The van der Waals surface area contributed by atoms with E-state index < -0.39 is 11.7 Å². The first-order valence-corrected chi connectivity index (χ1v) is 5.75. The maximum absolute atomic E-state index is 12.7. The lowest BCUT2D eigenvalue weighted by Gasteiger charge is -2.13. The highest BCUT2D eigenvalue weighted by Crippen LogP contribution is 2.31. The van der Waals surface area contributed by atoms with Gasteiger partial charge >= 0.3 is 6.18 Å². The Morgan fingerprint density at radius 1 is 1.28 bits per heavy atom. The molecule has 1 amide bonds. The molecule has 0 saturated heterocycles. The van der Waals surface area contributed by atoms with Crippen LogP contribution in [0.2, 0.25) is 0 Å². The first kappa shape index (κ1) is 14.5. The number of amides is 1. The van der Waals surface area contributed by atoms with Gasteiger partial charge in [-0.3, -0.25) is 4.79 Å². The summed E-state index contributed by atoms with van der Waals surface area (Å²) in [7, 11) is 0. The fourth-order valence-corrected chi connectivity index (χ4v) is 1.54. The predicted molar refractivity (Wildman–Crippen MR) is 63.0 cm³/mol. The highest BCUT2D eigenvalue weighted by molar-refractivity contribution is 5.77. The predicted octanol–water partition coefficient (Wildman–Crippen LogP) is 3.02. The Kier molecular flexibility index (Phi) is 4.76. The largest absolute Gasteiger partial charge is 0.416 e. The molecule has 1 aromatic carbocycles. The van der Waals surface area contributed by atoms with Crippen LogP contribution in [0.4, 0.5) is 13.2 Å². The molecule has 0 aliphatic rings. The summed E-state index contributed by atoms with van der Waals surface area (Å²) in [5.74, 6) is -0.317. The normalized spacial score (nSPS) is 11.7. The van der Waals surface area contributed by atoms with Crippen LogP contribution in [0.5, 0.6) is 0 Å². The zero-order chi connectivity index (χ0) is 13.8. The average Bonchev–Trinajstić information content (AvgIpc) is 2.28. The summed E-state index contributed by atoms with van der Waals surface area (Å²) in [6, 6.07) is 5.41. The molecular formula is C13H16F3NO. The van der Waals surface area contributed by atoms with Crippen LogP contribution in [0.15, 0.2) is 24.3 Å². The molecule has 0 aliphatic heterocycles. The second-order valence-electron chi connectivity index (χ2n) is 4.35. The van der Waals surface area contributed by atoms with Crippen molar-refractivity contribution < 1.29 is 18.0 Å². The van der Waals surface area contributed by atoms with E-state index in [0.29, 0.717) is 0 Å². The van der Waals surface area contributed by atoms with Gasteiger partial charge in [-0.25, -0.2) is 0 Å². The molecule has 5 heteroatoms. The van der Waals surface area contributed by atoms with Gasteiger partial charge in [-0.1, -0.05) is 32.0 Å². The molecule has 2 nitrogen and oxygen atoms in total. The molecule has 0 aliphatic carbocycles. The van der Waals surface area contributed by atoms with Gasteiger partial charge in [0, 0.05) is 12.5 Å². The topological polar surface area (TPSA) is 29.1 Å². The smallest absolute Gasteiger partial charge is 0.356 e. The van der Waals surface area contributed by atoms with Crippen LogP contribution in [0, 0.1) is 5.92 Å². The molecule has 100 valence electrons. The molecule has 0 radical (unpaired) electrons. The van der Waals surface area contributed by atoms with Crippen LogP contribution < -0.4 is 5.32 Å². The van der Waals surface area contributed by atoms with Crippen LogP contribution in [0.1, 0.15) is 25.0 Å². The second kappa shape index (κ2) is 5.89. The van der Waals surface area contributed by atoms with E-state index in [1.807, 2.05) is 0 Å². The van der Waals surface area contributed by atoms with Gasteiger partial charge in [0.15, 0.2) is 0 Å². The molecule has 18 heavy (non-hydrogen) atoms. The highest BCUT2D eigenvalue weighted by atomic mass is 19.4. The van der Waals surface area contributed by atoms with E-state index >= 15 is 0 Å². The van der Waals surface area contributed by atoms with E-state index in [1.165, 1.54) is 12.1 Å². The summed E-state index contributed by atoms with van der Waals surface area (Å²) in [5.41, 5.74) is -0.433. The van der Waals surface area contributed by atoms with Gasteiger partial charge < -0.3 is 5.32 Å². The molecule has 0 bridgehead atoms. The molecule has 0 unspecified atom stereocenters. The van der Waals surface area contributed by atoms with Crippen LogP contribution in [0.3, 0.4) is 0 Å². The lowest BCUT2D eigenvalue weighted by molar-refractivity contribution is -0.138. The van der Waals surface area contributed by atoms with E-state index in [9.17, 15) is 18.0 Å². The van der Waals surface area contributed by atoms with E-state index in [-0.39, 0.29) is 30.4 Å². The third-order valence-corrected chi connectivity index (χ3v) is 2.54. The quantitative estimate of drug-likeness (QED) is 0.884. The number of carbonyl (C=O) groups excluding carboxylic acids is 1. The van der Waals surface area contributed by atoms with Gasteiger partial charge in [-0.05, 0) is 18.1 Å². The highest BCUT2D eigenvalue weighted by Gasteiger charge is 2.32. The summed E-state index contributed by atoms with van der Waals surface area (Å²) in [6.07, 6.45) is -4.17. The van der Waals surface area contributed by atoms with Gasteiger partial charge in [0.05, 0.1) is 5.56 Å². The van der Waals surface area contributed by atoms with Crippen molar-refractivity contribution in [2.24, 2.45) is 5.92 Å². The lowest BCUT2D eigenvalue weighted by Crippen LogP contribution is -2.29. The third-order valence-electron chi connectivity index (χ3n) is 2.54. The fraction of sp³-hybridized carbons (Fsp3) is 0.462. The Hall–Kier alpha value is -1.52. The fourth-order valence-electron chi connectivity index (χ4n) is 1.54. The van der Waals surface area contributed by atoms with Crippen molar-refractivity contribution in [3.8, 4) is 0 Å². The molecule has 0 aromatic heterocycles. The summed E-state index contributed by atoms with van der Waals surface area (Å²) in [6.45, 7) is 3.68. The number of nitrogens with one attached hydrogen (secondary N) is 1. The van der Waals surface area contributed by atoms with Crippen molar-refractivity contribution in [3.63, 3.8) is 0 Å². The Balaban J connectivity index is 2.66. The standard InChI is InChI=1S/C13H16F3NO/c1-9(2)12(18)17-8-7-10-5-3-4-6-11(10)13(14,15)16/h3-6,9H,7-8H2,1-2H3,(H,17,18). The summed E-state index contributed by atoms with van der Waals surface area (Å²) < 4.78 is 38.0. The first-order valence-electron chi connectivity index (χ1n) is 5.75. The number of alkyl halides is 3. The van der Waals surface area contributed by atoms with E-state index in [2.05, 4.69) is 5.32 Å². The van der Waals surface area contributed by atoms with Gasteiger partial charge in [-0.15, -0.1) is 0 Å². The summed E-state index contributed by atoms with van der Waals surface area (Å²) in [4.78, 5) is 11.3. The molecule has 0 heterocycles. The van der Waals surface area contributed by atoms with Crippen molar-refractivity contribution >= 4 is 5.91 Å². The number of carbonyl (C=O) groups is 1. The zero-order valence-corrected chi connectivity index (χ0v) is 10.3. The van der Waals surface area contributed by atoms with Gasteiger partial charge in [0.25, 0.3) is 0 Å². The van der Waals surface area contributed by atoms with Crippen molar-refractivity contribution in [3.05, 3.63) is 35.4 Å².